The van der Waals surface area contributed by atoms with Gasteiger partial charge in [0.15, 0.2) is 0 Å². The zero-order valence-corrected chi connectivity index (χ0v) is 17.4. The van der Waals surface area contributed by atoms with Gasteiger partial charge in [0.1, 0.15) is 0 Å². The van der Waals surface area contributed by atoms with Crippen molar-refractivity contribution < 1.29 is 9.59 Å². The third-order valence-electron chi connectivity index (χ3n) is 5.43. The van der Waals surface area contributed by atoms with Crippen LogP contribution in [0.3, 0.4) is 0 Å². The van der Waals surface area contributed by atoms with Gasteiger partial charge in [0.2, 0.25) is 5.91 Å². The van der Waals surface area contributed by atoms with Gasteiger partial charge in [0.25, 0.3) is 5.91 Å². The van der Waals surface area contributed by atoms with Crippen molar-refractivity contribution in [2.75, 3.05) is 13.1 Å². The Morgan fingerprint density at radius 2 is 2.00 bits per heavy atom. The standard InChI is InChI=1S/C23H24N4O2S/c28-21(13-17-7-2-1-3-8-17)26-22(20-10-4-5-11-24-20)18-9-6-12-27(15-18)23(29)19-14-25-30-16-19/h1-5,7-8,10-11,14,16,18,22H,6,9,12-13,15H2,(H,26,28)/t18-,22+/m0/s1. The van der Waals surface area contributed by atoms with Gasteiger partial charge in [0, 0.05) is 30.6 Å². The number of rotatable bonds is 6. The van der Waals surface area contributed by atoms with Gasteiger partial charge in [-0.05, 0) is 42.1 Å². The van der Waals surface area contributed by atoms with E-state index < -0.39 is 0 Å². The second-order valence-corrected chi connectivity index (χ2v) is 8.19. The molecule has 3 aromatic rings. The normalized spacial score (nSPS) is 17.3. The Labute approximate surface area is 180 Å². The van der Waals surface area contributed by atoms with Crippen molar-refractivity contribution >= 4 is 23.3 Å². The van der Waals surface area contributed by atoms with Crippen LogP contribution in [0.4, 0.5) is 0 Å². The summed E-state index contributed by atoms with van der Waals surface area (Å²) in [6.45, 7) is 1.31. The molecule has 0 saturated carbocycles. The van der Waals surface area contributed by atoms with Crippen molar-refractivity contribution in [3.05, 3.63) is 83.1 Å². The molecular formula is C23H24N4O2S. The fraction of sp³-hybridized carbons (Fsp3) is 0.304. The molecule has 7 heteroatoms. The zero-order chi connectivity index (χ0) is 20.8. The van der Waals surface area contributed by atoms with Crippen LogP contribution < -0.4 is 5.32 Å². The van der Waals surface area contributed by atoms with Crippen LogP contribution in [-0.2, 0) is 11.2 Å². The first-order valence-corrected chi connectivity index (χ1v) is 11.0. The molecule has 1 aromatic carbocycles. The molecule has 154 valence electrons. The van der Waals surface area contributed by atoms with Crippen molar-refractivity contribution in [2.45, 2.75) is 25.3 Å². The van der Waals surface area contributed by atoms with E-state index in [1.807, 2.05) is 53.4 Å². The highest BCUT2D eigenvalue weighted by Crippen LogP contribution is 2.30. The van der Waals surface area contributed by atoms with Crippen LogP contribution in [-0.4, -0.2) is 39.2 Å². The number of aromatic nitrogens is 2. The Bertz CT molecular complexity index is 963. The second kappa shape index (κ2) is 9.63. The predicted molar refractivity (Wildman–Crippen MR) is 116 cm³/mol. The van der Waals surface area contributed by atoms with Gasteiger partial charge in [-0.25, -0.2) is 4.37 Å². The minimum atomic E-state index is -0.237. The molecule has 6 nitrogen and oxygen atoms in total. The molecular weight excluding hydrogens is 396 g/mol. The summed E-state index contributed by atoms with van der Waals surface area (Å²) in [6.07, 6.45) is 5.51. The van der Waals surface area contributed by atoms with Gasteiger partial charge < -0.3 is 10.2 Å². The van der Waals surface area contributed by atoms with Crippen molar-refractivity contribution in [1.29, 1.82) is 0 Å². The molecule has 1 aliphatic heterocycles. The molecule has 1 aliphatic rings. The highest BCUT2D eigenvalue weighted by atomic mass is 32.1. The smallest absolute Gasteiger partial charge is 0.256 e. The van der Waals surface area contributed by atoms with E-state index in [0.717, 1.165) is 30.6 Å². The number of benzene rings is 1. The average Bonchev–Trinajstić information content (AvgIpc) is 3.33. The number of carbonyl (C=O) groups is 2. The summed E-state index contributed by atoms with van der Waals surface area (Å²) in [5, 5.41) is 4.98. The summed E-state index contributed by atoms with van der Waals surface area (Å²) in [5.41, 5.74) is 2.43. The number of likely N-dealkylation sites (tertiary alicyclic amines) is 1. The lowest BCUT2D eigenvalue weighted by molar-refractivity contribution is -0.121. The maximum Gasteiger partial charge on any atom is 0.256 e. The van der Waals surface area contributed by atoms with Crippen LogP contribution in [0.25, 0.3) is 0 Å². The van der Waals surface area contributed by atoms with Crippen LogP contribution in [0.2, 0.25) is 0 Å². The number of carbonyl (C=O) groups excluding carboxylic acids is 2. The topological polar surface area (TPSA) is 75.2 Å². The van der Waals surface area contributed by atoms with E-state index in [1.165, 1.54) is 11.5 Å². The molecule has 0 radical (unpaired) electrons. The Balaban J connectivity index is 1.50. The molecule has 3 heterocycles. The van der Waals surface area contributed by atoms with Crippen molar-refractivity contribution in [2.24, 2.45) is 5.92 Å². The molecule has 0 unspecified atom stereocenters. The average molecular weight is 421 g/mol. The molecule has 0 spiro atoms. The maximum absolute atomic E-state index is 12.8. The van der Waals surface area contributed by atoms with E-state index in [2.05, 4.69) is 14.7 Å². The number of hydrogen-bond acceptors (Lipinski definition) is 5. The number of nitrogens with one attached hydrogen (secondary N) is 1. The SMILES string of the molecule is O=C(Cc1ccccc1)N[C@@H](c1ccccn1)[C@H]1CCCN(C(=O)c2cnsc2)C1. The van der Waals surface area contributed by atoms with Gasteiger partial charge in [-0.1, -0.05) is 36.4 Å². The van der Waals surface area contributed by atoms with Gasteiger partial charge in [-0.2, -0.15) is 0 Å². The van der Waals surface area contributed by atoms with Crippen LogP contribution in [0.15, 0.2) is 66.3 Å². The largest absolute Gasteiger partial charge is 0.347 e. The number of pyridine rings is 1. The summed E-state index contributed by atoms with van der Waals surface area (Å²) in [5.74, 6) is 0.0649. The molecule has 1 N–H and O–H groups in total. The number of hydrogen-bond donors (Lipinski definition) is 1. The lowest BCUT2D eigenvalue weighted by Crippen LogP contribution is -2.45. The van der Waals surface area contributed by atoms with Gasteiger partial charge >= 0.3 is 0 Å². The Kier molecular flexibility index (Phi) is 6.49. The first kappa shape index (κ1) is 20.2. The summed E-state index contributed by atoms with van der Waals surface area (Å²) in [7, 11) is 0. The summed E-state index contributed by atoms with van der Waals surface area (Å²) >= 11 is 1.28. The zero-order valence-electron chi connectivity index (χ0n) is 16.6. The molecule has 4 rings (SSSR count). The molecule has 30 heavy (non-hydrogen) atoms. The highest BCUT2D eigenvalue weighted by molar-refractivity contribution is 7.03. The van der Waals surface area contributed by atoms with Gasteiger partial charge in [0.05, 0.1) is 29.9 Å². The molecule has 2 aromatic heterocycles. The molecule has 1 saturated heterocycles. The lowest BCUT2D eigenvalue weighted by Gasteiger charge is -2.37. The van der Waals surface area contributed by atoms with Crippen LogP contribution in [0.5, 0.6) is 0 Å². The minimum absolute atomic E-state index is 0.00355. The first-order valence-electron chi connectivity index (χ1n) is 10.1. The number of nitrogens with zero attached hydrogens (tertiary/aromatic N) is 3. The Hall–Kier alpha value is -3.06. The molecule has 1 fully saturated rings. The summed E-state index contributed by atoms with van der Waals surface area (Å²) in [6, 6.07) is 15.2. The number of piperidine rings is 1. The van der Waals surface area contributed by atoms with Gasteiger partial charge in [-0.3, -0.25) is 14.6 Å². The van der Waals surface area contributed by atoms with Crippen LogP contribution >= 0.6 is 11.5 Å². The Morgan fingerprint density at radius 3 is 2.73 bits per heavy atom. The van der Waals surface area contributed by atoms with Crippen LogP contribution in [0, 0.1) is 5.92 Å². The third kappa shape index (κ3) is 4.91. The Morgan fingerprint density at radius 1 is 1.17 bits per heavy atom. The second-order valence-electron chi connectivity index (χ2n) is 7.53. The first-order chi connectivity index (χ1) is 14.7. The fourth-order valence-electron chi connectivity index (χ4n) is 3.96. The van der Waals surface area contributed by atoms with E-state index in [-0.39, 0.29) is 23.8 Å². The molecule has 0 aliphatic carbocycles. The minimum Gasteiger partial charge on any atom is -0.347 e. The molecule has 2 atom stereocenters. The summed E-state index contributed by atoms with van der Waals surface area (Å²) < 4.78 is 4.05. The lowest BCUT2D eigenvalue weighted by atomic mass is 9.88. The van der Waals surface area contributed by atoms with Crippen molar-refractivity contribution in [1.82, 2.24) is 19.6 Å². The maximum atomic E-state index is 12.8. The highest BCUT2D eigenvalue weighted by Gasteiger charge is 2.32. The molecule has 0 bridgehead atoms. The fourth-order valence-corrected chi connectivity index (χ4v) is 4.47. The third-order valence-corrected chi connectivity index (χ3v) is 6.01. The van der Waals surface area contributed by atoms with E-state index in [4.69, 9.17) is 0 Å². The number of amides is 2. The van der Waals surface area contributed by atoms with E-state index >= 15 is 0 Å². The van der Waals surface area contributed by atoms with E-state index in [0.29, 0.717) is 18.5 Å². The van der Waals surface area contributed by atoms with Crippen molar-refractivity contribution in [3.63, 3.8) is 0 Å². The van der Waals surface area contributed by atoms with E-state index in [1.54, 1.807) is 17.8 Å². The monoisotopic (exact) mass is 420 g/mol. The molecule has 2 amide bonds. The van der Waals surface area contributed by atoms with E-state index in [9.17, 15) is 9.59 Å². The summed E-state index contributed by atoms with van der Waals surface area (Å²) in [4.78, 5) is 32.0. The predicted octanol–water partition coefficient (Wildman–Crippen LogP) is 3.49. The quantitative estimate of drug-likeness (QED) is 0.662. The van der Waals surface area contributed by atoms with Gasteiger partial charge in [-0.15, -0.1) is 0 Å². The van der Waals surface area contributed by atoms with Crippen LogP contribution in [0.1, 0.15) is 40.5 Å². The van der Waals surface area contributed by atoms with Crippen molar-refractivity contribution in [3.8, 4) is 0 Å².